The van der Waals surface area contributed by atoms with Gasteiger partial charge in [-0.1, -0.05) is 29.8 Å². The smallest absolute Gasteiger partial charge is 0.275 e. The van der Waals surface area contributed by atoms with Crippen LogP contribution in [0.4, 0.5) is 0 Å². The number of hydrogen-bond donors (Lipinski definition) is 0. The van der Waals surface area contributed by atoms with Crippen molar-refractivity contribution in [2.24, 2.45) is 0 Å². The van der Waals surface area contributed by atoms with Gasteiger partial charge in [-0.2, -0.15) is 0 Å². The highest BCUT2D eigenvalue weighted by atomic mass is 79.9. The second-order valence-electron chi connectivity index (χ2n) is 4.76. The first kappa shape index (κ1) is 13.6. The van der Waals surface area contributed by atoms with E-state index in [4.69, 9.17) is 0 Å². The molecule has 0 amide bonds. The molecule has 0 aliphatic heterocycles. The van der Waals surface area contributed by atoms with Gasteiger partial charge in [0, 0.05) is 12.4 Å². The van der Waals surface area contributed by atoms with Gasteiger partial charge in [-0.05, 0) is 50.4 Å². The van der Waals surface area contributed by atoms with Crippen molar-refractivity contribution >= 4 is 37.4 Å². The van der Waals surface area contributed by atoms with Gasteiger partial charge in [-0.3, -0.25) is 4.79 Å². The summed E-state index contributed by atoms with van der Waals surface area (Å²) in [6.45, 7) is 2.63. The Morgan fingerprint density at radius 3 is 2.70 bits per heavy atom. The van der Waals surface area contributed by atoms with Crippen molar-refractivity contribution in [1.29, 1.82) is 0 Å². The minimum Gasteiger partial charge on any atom is -0.308 e. The number of aromatic nitrogens is 2. The predicted octanol–water partition coefficient (Wildman–Crippen LogP) is 3.98. The van der Waals surface area contributed by atoms with E-state index in [0.29, 0.717) is 12.1 Å². The van der Waals surface area contributed by atoms with Crippen molar-refractivity contribution in [3.63, 3.8) is 0 Å². The van der Waals surface area contributed by atoms with Crippen LogP contribution in [0.25, 0.3) is 5.52 Å². The third-order valence-electron chi connectivity index (χ3n) is 3.24. The van der Waals surface area contributed by atoms with E-state index in [1.807, 2.05) is 35.0 Å². The zero-order valence-corrected chi connectivity index (χ0v) is 14.0. The molecule has 1 aromatic carbocycles. The summed E-state index contributed by atoms with van der Waals surface area (Å²) >= 11 is 6.88. The van der Waals surface area contributed by atoms with Crippen LogP contribution in [0.3, 0.4) is 0 Å². The van der Waals surface area contributed by atoms with E-state index in [2.05, 4.69) is 50.9 Å². The molecule has 0 radical (unpaired) electrons. The summed E-state index contributed by atoms with van der Waals surface area (Å²) in [4.78, 5) is 12.5. The fourth-order valence-electron chi connectivity index (χ4n) is 2.27. The highest BCUT2D eigenvalue weighted by molar-refractivity contribution is 9.13. The van der Waals surface area contributed by atoms with Gasteiger partial charge in [-0.15, -0.1) is 0 Å². The summed E-state index contributed by atoms with van der Waals surface area (Å²) < 4.78 is 5.29. The van der Waals surface area contributed by atoms with Crippen molar-refractivity contribution in [3.05, 3.63) is 73.3 Å². The third kappa shape index (κ3) is 2.36. The average Bonchev–Trinajstić information content (AvgIpc) is 2.70. The van der Waals surface area contributed by atoms with E-state index in [1.54, 1.807) is 4.57 Å². The Bertz CT molecular complexity index is 849. The largest absolute Gasteiger partial charge is 0.308 e. The van der Waals surface area contributed by atoms with Gasteiger partial charge < -0.3 is 8.97 Å². The zero-order chi connectivity index (χ0) is 14.3. The van der Waals surface area contributed by atoms with Crippen LogP contribution in [-0.4, -0.2) is 8.97 Å². The van der Waals surface area contributed by atoms with E-state index in [9.17, 15) is 4.79 Å². The standard InChI is InChI=1S/C15H12Br2N2O/c1-10-3-2-4-11(7-10)9-18-5-6-19-13(15(18)20)8-12(16)14(19)17/h2-8H,9H2,1H3. The Hall–Kier alpha value is -1.33. The topological polar surface area (TPSA) is 26.4 Å². The molecule has 0 atom stereocenters. The first-order chi connectivity index (χ1) is 9.56. The molecule has 0 unspecified atom stereocenters. The molecule has 3 aromatic rings. The maximum atomic E-state index is 12.5. The van der Waals surface area contributed by atoms with Crippen LogP contribution < -0.4 is 5.56 Å². The van der Waals surface area contributed by atoms with E-state index in [1.165, 1.54) is 5.56 Å². The maximum absolute atomic E-state index is 12.5. The molecule has 0 spiro atoms. The summed E-state index contributed by atoms with van der Waals surface area (Å²) in [6.07, 6.45) is 3.70. The fourth-order valence-corrected chi connectivity index (χ4v) is 3.11. The van der Waals surface area contributed by atoms with Gasteiger partial charge in [0.15, 0.2) is 0 Å². The van der Waals surface area contributed by atoms with Crippen LogP contribution in [0.5, 0.6) is 0 Å². The lowest BCUT2D eigenvalue weighted by atomic mass is 10.1. The third-order valence-corrected chi connectivity index (χ3v) is 5.19. The highest BCUT2D eigenvalue weighted by Crippen LogP contribution is 2.25. The number of fused-ring (bicyclic) bond motifs is 1. The molecule has 0 fully saturated rings. The summed E-state index contributed by atoms with van der Waals surface area (Å²) in [6, 6.07) is 10.0. The van der Waals surface area contributed by atoms with E-state index >= 15 is 0 Å². The Morgan fingerprint density at radius 1 is 1.15 bits per heavy atom. The molecule has 0 bridgehead atoms. The first-order valence-corrected chi connectivity index (χ1v) is 7.76. The Balaban J connectivity index is 2.09. The molecular formula is C15H12Br2N2O. The maximum Gasteiger partial charge on any atom is 0.275 e. The van der Waals surface area contributed by atoms with Crippen molar-refractivity contribution in [1.82, 2.24) is 8.97 Å². The van der Waals surface area contributed by atoms with Gasteiger partial charge in [0.05, 0.1) is 11.0 Å². The molecule has 0 aliphatic rings. The van der Waals surface area contributed by atoms with Crippen LogP contribution in [0.1, 0.15) is 11.1 Å². The van der Waals surface area contributed by atoms with Crippen LogP contribution in [0.2, 0.25) is 0 Å². The molecule has 3 nitrogen and oxygen atoms in total. The van der Waals surface area contributed by atoms with Crippen molar-refractivity contribution in [2.45, 2.75) is 13.5 Å². The lowest BCUT2D eigenvalue weighted by molar-refractivity contribution is 0.751. The van der Waals surface area contributed by atoms with Crippen LogP contribution in [0.15, 0.2) is 56.6 Å². The highest BCUT2D eigenvalue weighted by Gasteiger charge is 2.10. The second kappa shape index (κ2) is 5.22. The van der Waals surface area contributed by atoms with Gasteiger partial charge in [0.1, 0.15) is 10.1 Å². The summed E-state index contributed by atoms with van der Waals surface area (Å²) in [5.74, 6) is 0. The van der Waals surface area contributed by atoms with Gasteiger partial charge in [0.25, 0.3) is 5.56 Å². The number of hydrogen-bond acceptors (Lipinski definition) is 1. The average molecular weight is 396 g/mol. The first-order valence-electron chi connectivity index (χ1n) is 6.17. The Kier molecular flexibility index (Phi) is 3.56. The van der Waals surface area contributed by atoms with Crippen molar-refractivity contribution in [2.75, 3.05) is 0 Å². The molecule has 2 aromatic heterocycles. The molecule has 102 valence electrons. The van der Waals surface area contributed by atoms with Crippen molar-refractivity contribution in [3.8, 4) is 0 Å². The SMILES string of the molecule is Cc1cccc(Cn2ccn3c(Br)c(Br)cc3c2=O)c1. The number of halogens is 2. The monoisotopic (exact) mass is 394 g/mol. The van der Waals surface area contributed by atoms with Gasteiger partial charge in [0.2, 0.25) is 0 Å². The molecule has 5 heteroatoms. The Morgan fingerprint density at radius 2 is 1.95 bits per heavy atom. The normalized spacial score (nSPS) is 11.2. The molecular weight excluding hydrogens is 384 g/mol. The summed E-state index contributed by atoms with van der Waals surface area (Å²) in [5, 5.41) is 0. The quantitative estimate of drug-likeness (QED) is 0.644. The van der Waals surface area contributed by atoms with Crippen LogP contribution >= 0.6 is 31.9 Å². The van der Waals surface area contributed by atoms with E-state index in [-0.39, 0.29) is 5.56 Å². The molecule has 0 saturated carbocycles. The van der Waals surface area contributed by atoms with Crippen molar-refractivity contribution < 1.29 is 0 Å². The second-order valence-corrected chi connectivity index (χ2v) is 6.36. The summed E-state index contributed by atoms with van der Waals surface area (Å²) in [7, 11) is 0. The predicted molar refractivity (Wildman–Crippen MR) is 87.3 cm³/mol. The van der Waals surface area contributed by atoms with Crippen LogP contribution in [0, 0.1) is 6.92 Å². The number of rotatable bonds is 2. The molecule has 2 heterocycles. The molecule has 0 N–H and O–H groups in total. The summed E-state index contributed by atoms with van der Waals surface area (Å²) in [5.41, 5.74) is 2.98. The number of nitrogens with zero attached hydrogens (tertiary/aromatic N) is 2. The fraction of sp³-hybridized carbons (Fsp3) is 0.133. The number of aryl methyl sites for hydroxylation is 1. The van der Waals surface area contributed by atoms with E-state index in [0.717, 1.165) is 14.6 Å². The zero-order valence-electron chi connectivity index (χ0n) is 10.8. The minimum absolute atomic E-state index is 0.000376. The Labute approximate surface area is 133 Å². The van der Waals surface area contributed by atoms with Gasteiger partial charge in [-0.25, -0.2) is 0 Å². The van der Waals surface area contributed by atoms with Crippen LogP contribution in [-0.2, 0) is 6.54 Å². The minimum atomic E-state index is 0.000376. The lowest BCUT2D eigenvalue weighted by Crippen LogP contribution is -2.21. The molecule has 0 saturated heterocycles. The molecule has 3 rings (SSSR count). The molecule has 20 heavy (non-hydrogen) atoms. The van der Waals surface area contributed by atoms with Gasteiger partial charge >= 0.3 is 0 Å². The molecule has 0 aliphatic carbocycles. The number of benzene rings is 1. The van der Waals surface area contributed by atoms with E-state index < -0.39 is 0 Å². The lowest BCUT2D eigenvalue weighted by Gasteiger charge is -2.07.